The summed E-state index contributed by atoms with van der Waals surface area (Å²) in [6.07, 6.45) is -2.95. The number of nitrogens with zero attached hydrogens (tertiary/aromatic N) is 2. The van der Waals surface area contributed by atoms with Crippen LogP contribution in [0.3, 0.4) is 0 Å². The smallest absolute Gasteiger partial charge is 0.435 e. The molecule has 1 aromatic heterocycles. The lowest BCUT2D eigenvalue weighted by molar-refractivity contribution is -0.141. The lowest BCUT2D eigenvalue weighted by atomic mass is 10.2. The molecular formula is C15H15F3N2O2. The summed E-state index contributed by atoms with van der Waals surface area (Å²) in [4.78, 5) is 0. The molecule has 118 valence electrons. The molecule has 0 aliphatic rings. The minimum atomic E-state index is -4.53. The maximum atomic E-state index is 12.9. The number of hydrogen-bond acceptors (Lipinski definition) is 3. The van der Waals surface area contributed by atoms with Crippen molar-refractivity contribution < 1.29 is 22.6 Å². The van der Waals surface area contributed by atoms with Gasteiger partial charge in [0.1, 0.15) is 17.2 Å². The monoisotopic (exact) mass is 312 g/mol. The maximum Gasteiger partial charge on any atom is 0.435 e. The van der Waals surface area contributed by atoms with Crippen LogP contribution in [0.4, 0.5) is 13.2 Å². The van der Waals surface area contributed by atoms with Gasteiger partial charge in [0.2, 0.25) is 0 Å². The van der Waals surface area contributed by atoms with Crippen molar-refractivity contribution in [3.05, 3.63) is 47.8 Å². The SMILES string of the molecule is C/C=C(\OC)c1cc(C(F)(F)F)nn1-c1ccc(OC)cc1. The molecule has 0 aliphatic heterocycles. The number of benzene rings is 1. The fraction of sp³-hybridized carbons (Fsp3) is 0.267. The Hall–Kier alpha value is -2.44. The highest BCUT2D eigenvalue weighted by molar-refractivity contribution is 5.59. The molecule has 0 aliphatic carbocycles. The molecule has 0 N–H and O–H groups in total. The van der Waals surface area contributed by atoms with Gasteiger partial charge in [-0.25, -0.2) is 4.68 Å². The molecule has 0 unspecified atom stereocenters. The van der Waals surface area contributed by atoms with E-state index in [4.69, 9.17) is 9.47 Å². The summed E-state index contributed by atoms with van der Waals surface area (Å²) in [5.41, 5.74) is -0.278. The Balaban J connectivity index is 2.59. The van der Waals surface area contributed by atoms with Crippen LogP contribution in [0.15, 0.2) is 36.4 Å². The Morgan fingerprint density at radius 1 is 1.18 bits per heavy atom. The van der Waals surface area contributed by atoms with Crippen LogP contribution in [0.1, 0.15) is 18.3 Å². The molecule has 0 saturated carbocycles. The first-order valence-corrected chi connectivity index (χ1v) is 6.43. The van der Waals surface area contributed by atoms with Crippen LogP contribution in [-0.4, -0.2) is 24.0 Å². The number of rotatable bonds is 4. The van der Waals surface area contributed by atoms with Crippen molar-refractivity contribution in [2.45, 2.75) is 13.1 Å². The van der Waals surface area contributed by atoms with E-state index in [1.807, 2.05) is 0 Å². The van der Waals surface area contributed by atoms with Crippen LogP contribution in [0.5, 0.6) is 5.75 Å². The largest absolute Gasteiger partial charge is 0.497 e. The van der Waals surface area contributed by atoms with Crippen LogP contribution < -0.4 is 4.74 Å². The van der Waals surface area contributed by atoms with E-state index >= 15 is 0 Å². The van der Waals surface area contributed by atoms with Crippen molar-refractivity contribution in [2.24, 2.45) is 0 Å². The van der Waals surface area contributed by atoms with Gasteiger partial charge in [0, 0.05) is 6.07 Å². The van der Waals surface area contributed by atoms with E-state index in [1.54, 1.807) is 37.3 Å². The molecule has 2 rings (SSSR count). The van der Waals surface area contributed by atoms with Gasteiger partial charge >= 0.3 is 6.18 Å². The minimum Gasteiger partial charge on any atom is -0.497 e. The molecule has 0 atom stereocenters. The van der Waals surface area contributed by atoms with E-state index < -0.39 is 11.9 Å². The first kappa shape index (κ1) is 15.9. The van der Waals surface area contributed by atoms with Crippen LogP contribution in [-0.2, 0) is 10.9 Å². The van der Waals surface area contributed by atoms with Crippen LogP contribution >= 0.6 is 0 Å². The highest BCUT2D eigenvalue weighted by Gasteiger charge is 2.35. The number of methoxy groups -OCH3 is 2. The number of halogens is 3. The van der Waals surface area contributed by atoms with Gasteiger partial charge in [-0.05, 0) is 37.3 Å². The molecule has 0 spiro atoms. The molecule has 22 heavy (non-hydrogen) atoms. The third-order valence-corrected chi connectivity index (χ3v) is 3.05. The van der Waals surface area contributed by atoms with Gasteiger partial charge in [-0.2, -0.15) is 18.3 Å². The summed E-state index contributed by atoms with van der Waals surface area (Å²) in [5, 5.41) is 3.65. The first-order valence-electron chi connectivity index (χ1n) is 6.43. The summed E-state index contributed by atoms with van der Waals surface area (Å²) in [5.74, 6) is 0.908. The zero-order valence-electron chi connectivity index (χ0n) is 12.3. The number of allylic oxidation sites excluding steroid dienone is 1. The predicted molar refractivity (Wildman–Crippen MR) is 75.8 cm³/mol. The number of aromatic nitrogens is 2. The van der Waals surface area contributed by atoms with E-state index in [0.717, 1.165) is 6.07 Å². The highest BCUT2D eigenvalue weighted by Crippen LogP contribution is 2.32. The molecular weight excluding hydrogens is 297 g/mol. The Morgan fingerprint density at radius 2 is 1.82 bits per heavy atom. The second-order valence-corrected chi connectivity index (χ2v) is 4.38. The van der Waals surface area contributed by atoms with E-state index in [-0.39, 0.29) is 5.69 Å². The van der Waals surface area contributed by atoms with Gasteiger partial charge < -0.3 is 9.47 Å². The zero-order chi connectivity index (χ0) is 16.3. The average molecular weight is 312 g/mol. The van der Waals surface area contributed by atoms with Gasteiger partial charge in [-0.15, -0.1) is 0 Å². The summed E-state index contributed by atoms with van der Waals surface area (Å²) in [7, 11) is 2.91. The normalized spacial score (nSPS) is 12.4. The van der Waals surface area contributed by atoms with E-state index in [1.165, 1.54) is 18.9 Å². The number of ether oxygens (including phenoxy) is 2. The molecule has 1 heterocycles. The van der Waals surface area contributed by atoms with Crippen molar-refractivity contribution in [1.82, 2.24) is 9.78 Å². The van der Waals surface area contributed by atoms with E-state index in [9.17, 15) is 13.2 Å². The Labute approximate surface area is 125 Å². The third kappa shape index (κ3) is 3.08. The first-order chi connectivity index (χ1) is 10.4. The fourth-order valence-electron chi connectivity index (χ4n) is 1.99. The van der Waals surface area contributed by atoms with Gasteiger partial charge in [-0.3, -0.25) is 0 Å². The molecule has 2 aromatic rings. The average Bonchev–Trinajstić information content (AvgIpc) is 2.94. The maximum absolute atomic E-state index is 12.9. The van der Waals surface area contributed by atoms with Crippen molar-refractivity contribution in [3.8, 4) is 11.4 Å². The topological polar surface area (TPSA) is 36.3 Å². The standard InChI is InChI=1S/C15H15F3N2O2/c1-4-13(22-3)12-9-14(15(16,17)18)19-20(12)10-5-7-11(21-2)8-6-10/h4-9H,1-3H3/b13-4-. The fourth-order valence-corrected chi connectivity index (χ4v) is 1.99. The van der Waals surface area contributed by atoms with Crippen LogP contribution in [0.2, 0.25) is 0 Å². The molecule has 0 fully saturated rings. The van der Waals surface area contributed by atoms with Crippen molar-refractivity contribution in [1.29, 1.82) is 0 Å². The summed E-state index contributed by atoms with van der Waals surface area (Å²) >= 11 is 0. The minimum absolute atomic E-state index is 0.225. The van der Waals surface area contributed by atoms with Crippen molar-refractivity contribution in [3.63, 3.8) is 0 Å². The zero-order valence-corrected chi connectivity index (χ0v) is 12.3. The van der Waals surface area contributed by atoms with Crippen LogP contribution in [0, 0.1) is 0 Å². The summed E-state index contributed by atoms with van der Waals surface area (Å²) in [6, 6.07) is 7.51. The van der Waals surface area contributed by atoms with E-state index in [2.05, 4.69) is 5.10 Å². The van der Waals surface area contributed by atoms with Gasteiger partial charge in [0.15, 0.2) is 5.69 Å². The summed E-state index contributed by atoms with van der Waals surface area (Å²) < 4.78 is 50.2. The summed E-state index contributed by atoms with van der Waals surface area (Å²) in [6.45, 7) is 1.68. The molecule has 0 radical (unpaired) electrons. The molecule has 4 nitrogen and oxygen atoms in total. The molecule has 1 aromatic carbocycles. The molecule has 0 amide bonds. The quantitative estimate of drug-likeness (QED) is 0.803. The van der Waals surface area contributed by atoms with Crippen molar-refractivity contribution >= 4 is 5.76 Å². The Kier molecular flexibility index (Phi) is 4.44. The van der Waals surface area contributed by atoms with Gasteiger partial charge in [0.25, 0.3) is 0 Å². The second-order valence-electron chi connectivity index (χ2n) is 4.38. The Bertz CT molecular complexity index is 673. The molecule has 0 saturated heterocycles. The van der Waals surface area contributed by atoms with Crippen LogP contribution in [0.25, 0.3) is 11.4 Å². The number of hydrogen-bond donors (Lipinski definition) is 0. The van der Waals surface area contributed by atoms with Crippen molar-refractivity contribution in [2.75, 3.05) is 14.2 Å². The number of alkyl halides is 3. The Morgan fingerprint density at radius 3 is 2.27 bits per heavy atom. The highest BCUT2D eigenvalue weighted by atomic mass is 19.4. The lowest BCUT2D eigenvalue weighted by Gasteiger charge is -2.10. The van der Waals surface area contributed by atoms with E-state index in [0.29, 0.717) is 17.2 Å². The second kappa shape index (κ2) is 6.13. The molecule has 0 bridgehead atoms. The van der Waals surface area contributed by atoms with Gasteiger partial charge in [0.05, 0.1) is 19.9 Å². The lowest BCUT2D eigenvalue weighted by Crippen LogP contribution is -2.07. The third-order valence-electron chi connectivity index (χ3n) is 3.05. The molecule has 7 heteroatoms. The van der Waals surface area contributed by atoms with Gasteiger partial charge in [-0.1, -0.05) is 0 Å². The predicted octanol–water partition coefficient (Wildman–Crippen LogP) is 3.91.